The summed E-state index contributed by atoms with van der Waals surface area (Å²) >= 11 is 11.7. The summed E-state index contributed by atoms with van der Waals surface area (Å²) in [6.45, 7) is -0.211. The molecule has 2 N–H and O–H groups in total. The Kier molecular flexibility index (Phi) is 6.14. The number of halogens is 2. The molecule has 2 amide bonds. The molecule has 2 rings (SSSR count). The smallest absolute Gasteiger partial charge is 0.259 e. The van der Waals surface area contributed by atoms with Gasteiger partial charge in [0.1, 0.15) is 0 Å². The Bertz CT molecular complexity index is 748. The Balaban J connectivity index is 1.81. The molecule has 0 aliphatic heterocycles. The van der Waals surface area contributed by atoms with Crippen LogP contribution in [0, 0.1) is 0 Å². The lowest BCUT2D eigenvalue weighted by molar-refractivity contribution is -0.120. The minimum atomic E-state index is -0.455. The average molecular weight is 350 g/mol. The summed E-state index contributed by atoms with van der Waals surface area (Å²) in [7, 11) is 0. The normalized spacial score (nSPS) is 10.5. The molecule has 0 saturated heterocycles. The first-order chi connectivity index (χ1) is 11.1. The lowest BCUT2D eigenvalue weighted by Gasteiger charge is -2.05. The number of hydrogen-bond acceptors (Lipinski definition) is 3. The Labute approximate surface area is 143 Å². The molecule has 2 aromatic carbocycles. The van der Waals surface area contributed by atoms with Crippen molar-refractivity contribution in [3.05, 3.63) is 69.7 Å². The van der Waals surface area contributed by atoms with Gasteiger partial charge in [0, 0.05) is 5.02 Å². The molecule has 0 aliphatic rings. The van der Waals surface area contributed by atoms with Gasteiger partial charge in [-0.05, 0) is 29.8 Å². The van der Waals surface area contributed by atoms with Gasteiger partial charge in [-0.1, -0.05) is 47.5 Å². The van der Waals surface area contributed by atoms with Crippen molar-refractivity contribution in [2.75, 3.05) is 6.54 Å². The standard InChI is InChI=1S/C16H13Cl2N3O2/c17-12-5-3-4-11(8-12)9-20-21-15(22)10-19-16(23)13-6-1-2-7-14(13)18/h1-9H,10H2,(H,19,23)(H,21,22)/b20-9+. The topological polar surface area (TPSA) is 70.6 Å². The van der Waals surface area contributed by atoms with Crippen LogP contribution in [0.3, 0.4) is 0 Å². The third kappa shape index (κ3) is 5.39. The minimum Gasteiger partial charge on any atom is -0.343 e. The summed E-state index contributed by atoms with van der Waals surface area (Å²) in [5, 5.41) is 7.16. The number of hydrogen-bond donors (Lipinski definition) is 2. The van der Waals surface area contributed by atoms with Crippen LogP contribution in [0.1, 0.15) is 15.9 Å². The lowest BCUT2D eigenvalue weighted by Crippen LogP contribution is -2.35. The average Bonchev–Trinajstić information content (AvgIpc) is 2.53. The number of rotatable bonds is 5. The maximum atomic E-state index is 11.9. The zero-order valence-electron chi connectivity index (χ0n) is 11.9. The van der Waals surface area contributed by atoms with Gasteiger partial charge in [-0.25, -0.2) is 5.43 Å². The van der Waals surface area contributed by atoms with Crippen molar-refractivity contribution in [3.8, 4) is 0 Å². The summed E-state index contributed by atoms with van der Waals surface area (Å²) in [6, 6.07) is 13.6. The number of nitrogens with one attached hydrogen (secondary N) is 2. The van der Waals surface area contributed by atoms with Crippen molar-refractivity contribution >= 4 is 41.2 Å². The third-order valence-corrected chi connectivity index (χ3v) is 3.34. The molecule has 0 aromatic heterocycles. The number of amides is 2. The maximum Gasteiger partial charge on any atom is 0.259 e. The third-order valence-electron chi connectivity index (χ3n) is 2.78. The van der Waals surface area contributed by atoms with E-state index in [1.807, 2.05) is 0 Å². The zero-order valence-corrected chi connectivity index (χ0v) is 13.4. The maximum absolute atomic E-state index is 11.9. The van der Waals surface area contributed by atoms with Crippen LogP contribution in [0.5, 0.6) is 0 Å². The SMILES string of the molecule is O=C(CNC(=O)c1ccccc1Cl)N/N=C/c1cccc(Cl)c1. The molecular weight excluding hydrogens is 337 g/mol. The molecule has 5 nitrogen and oxygen atoms in total. The molecule has 0 spiro atoms. The van der Waals surface area contributed by atoms with Gasteiger partial charge in [-0.15, -0.1) is 0 Å². The van der Waals surface area contributed by atoms with E-state index in [0.717, 1.165) is 5.56 Å². The van der Waals surface area contributed by atoms with Gasteiger partial charge in [0.25, 0.3) is 11.8 Å². The van der Waals surface area contributed by atoms with E-state index in [-0.39, 0.29) is 6.54 Å². The lowest BCUT2D eigenvalue weighted by atomic mass is 10.2. The number of carbonyl (C=O) groups excluding carboxylic acids is 2. The fraction of sp³-hybridized carbons (Fsp3) is 0.0625. The first-order valence-corrected chi connectivity index (χ1v) is 7.42. The molecule has 0 heterocycles. The van der Waals surface area contributed by atoms with Crippen molar-refractivity contribution in [1.29, 1.82) is 0 Å². The van der Waals surface area contributed by atoms with E-state index in [4.69, 9.17) is 23.2 Å². The molecule has 118 valence electrons. The van der Waals surface area contributed by atoms with Crippen LogP contribution in [-0.2, 0) is 4.79 Å². The molecular formula is C16H13Cl2N3O2. The molecule has 0 aliphatic carbocycles. The molecule has 0 unspecified atom stereocenters. The van der Waals surface area contributed by atoms with Crippen LogP contribution in [0.25, 0.3) is 0 Å². The second-order valence-electron chi connectivity index (χ2n) is 4.51. The number of nitrogens with zero attached hydrogens (tertiary/aromatic N) is 1. The van der Waals surface area contributed by atoms with Crippen LogP contribution in [0.15, 0.2) is 53.6 Å². The number of benzene rings is 2. The van der Waals surface area contributed by atoms with E-state index < -0.39 is 11.8 Å². The summed E-state index contributed by atoms with van der Waals surface area (Å²) < 4.78 is 0. The molecule has 0 bridgehead atoms. The van der Waals surface area contributed by atoms with Crippen LogP contribution >= 0.6 is 23.2 Å². The van der Waals surface area contributed by atoms with E-state index >= 15 is 0 Å². The molecule has 0 fully saturated rings. The van der Waals surface area contributed by atoms with Crippen LogP contribution < -0.4 is 10.7 Å². The first-order valence-electron chi connectivity index (χ1n) is 6.66. The van der Waals surface area contributed by atoms with Crippen molar-refractivity contribution in [1.82, 2.24) is 10.7 Å². The zero-order chi connectivity index (χ0) is 16.7. The fourth-order valence-corrected chi connectivity index (χ4v) is 2.13. The molecule has 7 heteroatoms. The Morgan fingerprint density at radius 2 is 1.87 bits per heavy atom. The summed E-state index contributed by atoms with van der Waals surface area (Å²) in [5.41, 5.74) is 3.37. The quantitative estimate of drug-likeness (QED) is 0.643. The first kappa shape index (κ1) is 17.0. The van der Waals surface area contributed by atoms with Crippen molar-refractivity contribution in [3.63, 3.8) is 0 Å². The van der Waals surface area contributed by atoms with Gasteiger partial charge in [0.05, 0.1) is 23.3 Å². The van der Waals surface area contributed by atoms with Gasteiger partial charge in [-0.3, -0.25) is 9.59 Å². The van der Waals surface area contributed by atoms with Gasteiger partial charge in [0.15, 0.2) is 0 Å². The highest BCUT2D eigenvalue weighted by Crippen LogP contribution is 2.14. The van der Waals surface area contributed by atoms with E-state index in [0.29, 0.717) is 15.6 Å². The van der Waals surface area contributed by atoms with Gasteiger partial charge >= 0.3 is 0 Å². The molecule has 0 radical (unpaired) electrons. The second-order valence-corrected chi connectivity index (χ2v) is 5.35. The van der Waals surface area contributed by atoms with Crippen LogP contribution in [0.2, 0.25) is 10.0 Å². The monoisotopic (exact) mass is 349 g/mol. The minimum absolute atomic E-state index is 0.211. The van der Waals surface area contributed by atoms with Gasteiger partial charge < -0.3 is 5.32 Å². The highest BCUT2D eigenvalue weighted by atomic mass is 35.5. The van der Waals surface area contributed by atoms with E-state index in [2.05, 4.69) is 15.8 Å². The summed E-state index contributed by atoms with van der Waals surface area (Å²) in [4.78, 5) is 23.5. The second kappa shape index (κ2) is 8.31. The molecule has 0 saturated carbocycles. The largest absolute Gasteiger partial charge is 0.343 e. The van der Waals surface area contributed by atoms with Crippen LogP contribution in [0.4, 0.5) is 0 Å². The van der Waals surface area contributed by atoms with Gasteiger partial charge in [-0.2, -0.15) is 5.10 Å². The van der Waals surface area contributed by atoms with E-state index in [1.54, 1.807) is 48.5 Å². The predicted molar refractivity (Wildman–Crippen MR) is 91.0 cm³/mol. The highest BCUT2D eigenvalue weighted by molar-refractivity contribution is 6.33. The predicted octanol–water partition coefficient (Wildman–Crippen LogP) is 2.87. The van der Waals surface area contributed by atoms with E-state index in [9.17, 15) is 9.59 Å². The Morgan fingerprint density at radius 3 is 2.61 bits per heavy atom. The number of carbonyl (C=O) groups is 2. The highest BCUT2D eigenvalue weighted by Gasteiger charge is 2.10. The summed E-state index contributed by atoms with van der Waals surface area (Å²) in [6.07, 6.45) is 1.46. The van der Waals surface area contributed by atoms with Crippen molar-refractivity contribution < 1.29 is 9.59 Å². The molecule has 2 aromatic rings. The summed E-state index contributed by atoms with van der Waals surface area (Å²) in [5.74, 6) is -0.881. The Morgan fingerprint density at radius 1 is 1.09 bits per heavy atom. The van der Waals surface area contributed by atoms with E-state index in [1.165, 1.54) is 6.21 Å². The number of hydrazone groups is 1. The fourth-order valence-electron chi connectivity index (χ4n) is 1.71. The molecule has 23 heavy (non-hydrogen) atoms. The van der Waals surface area contributed by atoms with Crippen LogP contribution in [-0.4, -0.2) is 24.6 Å². The molecule has 0 atom stereocenters. The van der Waals surface area contributed by atoms with Crippen molar-refractivity contribution in [2.45, 2.75) is 0 Å². The van der Waals surface area contributed by atoms with Crippen molar-refractivity contribution in [2.24, 2.45) is 5.10 Å². The Hall–Kier alpha value is -2.37. The van der Waals surface area contributed by atoms with Gasteiger partial charge in [0.2, 0.25) is 0 Å².